The van der Waals surface area contributed by atoms with Crippen LogP contribution in [-0.2, 0) is 20.5 Å². The third kappa shape index (κ3) is 3.92. The minimum absolute atomic E-state index is 0.337. The molecule has 0 fully saturated rings. The molecule has 0 spiro atoms. The number of hydrogen-bond acceptors (Lipinski definition) is 3. The van der Waals surface area contributed by atoms with Gasteiger partial charge in [0.1, 0.15) is 6.04 Å². The van der Waals surface area contributed by atoms with E-state index in [1.54, 1.807) is 6.92 Å². The Hall–Kier alpha value is -0.680. The Morgan fingerprint density at radius 3 is 2.53 bits per heavy atom. The smallest absolute Gasteiger partial charge is 0.328 e. The minimum atomic E-state index is -1.27. The number of carbonyl (C=O) groups is 1. The summed E-state index contributed by atoms with van der Waals surface area (Å²) in [5.74, 6) is -0.337. The Labute approximate surface area is 105 Å². The zero-order valence-electron chi connectivity index (χ0n) is 10.9. The molecule has 0 saturated heterocycles. The monoisotopic (exact) mass is 259 g/mol. The number of ether oxygens (including phenoxy) is 1. The highest BCUT2D eigenvalue weighted by atomic mass is 32.2. The van der Waals surface area contributed by atoms with E-state index in [0.29, 0.717) is 6.61 Å². The van der Waals surface area contributed by atoms with E-state index >= 15 is 0 Å². The molecule has 0 aliphatic heterocycles. The van der Waals surface area contributed by atoms with E-state index in [9.17, 15) is 9.00 Å². The lowest BCUT2D eigenvalue weighted by Gasteiger charge is -2.27. The van der Waals surface area contributed by atoms with Crippen LogP contribution in [0.5, 0.6) is 0 Å². The largest absolute Gasteiger partial charge is 0.465 e. The number of hydrogen-bond donors (Lipinski definition) is 1. The Morgan fingerprint density at radius 1 is 1.59 bits per heavy atom. The van der Waals surface area contributed by atoms with Crippen molar-refractivity contribution in [3.63, 3.8) is 0 Å². The van der Waals surface area contributed by atoms with Crippen LogP contribution >= 0.6 is 0 Å². The van der Waals surface area contributed by atoms with Crippen molar-refractivity contribution in [2.24, 2.45) is 0 Å². The summed E-state index contributed by atoms with van der Waals surface area (Å²) >= 11 is 0. The van der Waals surface area contributed by atoms with Gasteiger partial charge in [-0.2, -0.15) is 0 Å². The van der Waals surface area contributed by atoms with Crippen LogP contribution in [0.4, 0.5) is 0 Å². The Morgan fingerprint density at radius 2 is 2.18 bits per heavy atom. The van der Waals surface area contributed by atoms with Crippen molar-refractivity contribution < 1.29 is 13.7 Å². The summed E-state index contributed by atoms with van der Waals surface area (Å²) in [5, 5.41) is 0. The van der Waals surface area contributed by atoms with Gasteiger partial charge in [-0.05, 0) is 46.1 Å². The highest BCUT2D eigenvalue weighted by molar-refractivity contribution is 7.84. The lowest BCUT2D eigenvalue weighted by molar-refractivity contribution is -0.144. The van der Waals surface area contributed by atoms with E-state index in [1.807, 2.05) is 26.8 Å². The zero-order valence-corrected chi connectivity index (χ0v) is 11.7. The highest BCUT2D eigenvalue weighted by Gasteiger charge is 2.31. The molecular weight excluding hydrogens is 238 g/mol. The van der Waals surface area contributed by atoms with Crippen molar-refractivity contribution in [1.82, 2.24) is 4.72 Å². The lowest BCUT2D eigenvalue weighted by Crippen LogP contribution is -2.46. The minimum Gasteiger partial charge on any atom is -0.465 e. The van der Waals surface area contributed by atoms with Gasteiger partial charge in [-0.25, -0.2) is 13.7 Å². The summed E-state index contributed by atoms with van der Waals surface area (Å²) < 4.78 is 19.5. The van der Waals surface area contributed by atoms with Crippen LogP contribution in [0, 0.1) is 0 Å². The number of carbonyl (C=O) groups excluding carboxylic acids is 1. The molecule has 4 nitrogen and oxygen atoms in total. The third-order valence-corrected chi connectivity index (χ3v) is 4.08. The van der Waals surface area contributed by atoms with E-state index < -0.39 is 21.8 Å². The average molecular weight is 259 g/mol. The second-order valence-electron chi connectivity index (χ2n) is 5.00. The molecule has 1 aliphatic rings. The normalized spacial score (nSPS) is 18.9. The van der Waals surface area contributed by atoms with Crippen LogP contribution in [0.25, 0.3) is 0 Å². The van der Waals surface area contributed by atoms with Crippen LogP contribution < -0.4 is 4.72 Å². The fourth-order valence-corrected chi connectivity index (χ4v) is 2.17. The van der Waals surface area contributed by atoms with Crippen LogP contribution in [0.1, 0.15) is 40.5 Å². The first-order valence-electron chi connectivity index (χ1n) is 5.90. The maximum Gasteiger partial charge on any atom is 0.328 e. The average Bonchev–Trinajstić information content (AvgIpc) is 2.12. The molecule has 0 aromatic rings. The molecule has 1 aliphatic carbocycles. The fourth-order valence-electron chi connectivity index (χ4n) is 1.36. The Kier molecular flexibility index (Phi) is 4.89. The van der Waals surface area contributed by atoms with Gasteiger partial charge in [0.15, 0.2) is 0 Å². The number of nitrogens with one attached hydrogen (secondary N) is 1. The van der Waals surface area contributed by atoms with Gasteiger partial charge in [0.05, 0.1) is 22.3 Å². The maximum absolute atomic E-state index is 12.0. The molecule has 0 saturated carbocycles. The molecule has 98 valence electrons. The molecule has 5 heteroatoms. The van der Waals surface area contributed by atoms with Gasteiger partial charge < -0.3 is 4.74 Å². The highest BCUT2D eigenvalue weighted by Crippen LogP contribution is 2.23. The second-order valence-corrected chi connectivity index (χ2v) is 7.00. The van der Waals surface area contributed by atoms with Crippen LogP contribution in [0.15, 0.2) is 11.6 Å². The molecule has 17 heavy (non-hydrogen) atoms. The van der Waals surface area contributed by atoms with E-state index in [4.69, 9.17) is 4.74 Å². The molecule has 1 N–H and O–H groups in total. The van der Waals surface area contributed by atoms with Gasteiger partial charge in [-0.3, -0.25) is 0 Å². The van der Waals surface area contributed by atoms with E-state index in [0.717, 1.165) is 18.4 Å². The molecule has 0 aromatic carbocycles. The summed E-state index contributed by atoms with van der Waals surface area (Å²) in [4.78, 5) is 11.8. The van der Waals surface area contributed by atoms with E-state index in [2.05, 4.69) is 4.72 Å². The van der Waals surface area contributed by atoms with Crippen molar-refractivity contribution >= 4 is 17.0 Å². The molecule has 2 atom stereocenters. The molecule has 0 bridgehead atoms. The van der Waals surface area contributed by atoms with E-state index in [-0.39, 0.29) is 5.97 Å². The van der Waals surface area contributed by atoms with E-state index in [1.165, 1.54) is 0 Å². The first-order chi connectivity index (χ1) is 7.86. The van der Waals surface area contributed by atoms with Gasteiger partial charge in [-0.15, -0.1) is 0 Å². The first kappa shape index (κ1) is 14.4. The summed E-state index contributed by atoms with van der Waals surface area (Å²) in [6.45, 7) is 7.71. The first-order valence-corrected chi connectivity index (χ1v) is 7.05. The predicted octanol–water partition coefficient (Wildman–Crippen LogP) is 1.69. The predicted molar refractivity (Wildman–Crippen MR) is 68.8 cm³/mol. The van der Waals surface area contributed by atoms with Crippen molar-refractivity contribution in [3.8, 4) is 0 Å². The fraction of sp³-hybridized carbons (Fsp3) is 0.750. The maximum atomic E-state index is 12.0. The zero-order chi connectivity index (χ0) is 13.1. The Balaban J connectivity index is 2.71. The van der Waals surface area contributed by atoms with Crippen molar-refractivity contribution in [2.45, 2.75) is 51.3 Å². The van der Waals surface area contributed by atoms with Crippen molar-refractivity contribution in [1.29, 1.82) is 0 Å². The van der Waals surface area contributed by atoms with Crippen LogP contribution in [-0.4, -0.2) is 27.6 Å². The van der Waals surface area contributed by atoms with Crippen molar-refractivity contribution in [3.05, 3.63) is 11.6 Å². The molecule has 0 aromatic heterocycles. The quantitative estimate of drug-likeness (QED) is 0.604. The molecular formula is C12H21NO3S. The molecule has 1 unspecified atom stereocenters. The SMILES string of the molecule is CCOC(=O)[C@@H](NS(=O)C(C)(C)C)C1=CCC1. The summed E-state index contributed by atoms with van der Waals surface area (Å²) in [5.41, 5.74) is 0.987. The Bertz CT molecular complexity index is 344. The summed E-state index contributed by atoms with van der Waals surface area (Å²) in [6, 6.07) is -0.552. The van der Waals surface area contributed by atoms with Gasteiger partial charge in [0.25, 0.3) is 0 Å². The standard InChI is InChI=1S/C12H21NO3S/c1-5-16-11(14)10(9-7-6-8-9)13-17(15)12(2,3)4/h7,10,13H,5-6,8H2,1-4H3/t10-,17?/m0/s1. The third-order valence-electron chi connectivity index (χ3n) is 2.51. The summed E-state index contributed by atoms with van der Waals surface area (Å²) in [7, 11) is -1.27. The number of esters is 1. The second kappa shape index (κ2) is 5.78. The molecule has 1 rings (SSSR count). The van der Waals surface area contributed by atoms with Gasteiger partial charge >= 0.3 is 5.97 Å². The topological polar surface area (TPSA) is 55.4 Å². The van der Waals surface area contributed by atoms with Crippen LogP contribution in [0.3, 0.4) is 0 Å². The molecule has 0 radical (unpaired) electrons. The molecule has 0 amide bonds. The van der Waals surface area contributed by atoms with Gasteiger partial charge in [-0.1, -0.05) is 6.08 Å². The molecule has 0 heterocycles. The number of rotatable bonds is 5. The van der Waals surface area contributed by atoms with Crippen molar-refractivity contribution in [2.75, 3.05) is 6.61 Å². The van der Waals surface area contributed by atoms with Crippen LogP contribution in [0.2, 0.25) is 0 Å². The summed E-state index contributed by atoms with van der Waals surface area (Å²) in [6.07, 6.45) is 3.85. The lowest BCUT2D eigenvalue weighted by atomic mass is 9.93. The van der Waals surface area contributed by atoms with Gasteiger partial charge in [0, 0.05) is 0 Å². The number of allylic oxidation sites excluding steroid dienone is 1. The van der Waals surface area contributed by atoms with Gasteiger partial charge in [0.2, 0.25) is 0 Å².